The Morgan fingerprint density at radius 1 is 1.22 bits per heavy atom. The Kier molecular flexibility index (Phi) is 5.41. The van der Waals surface area contributed by atoms with E-state index in [1.165, 1.54) is 7.05 Å². The lowest BCUT2D eigenvalue weighted by molar-refractivity contribution is 0.581. The van der Waals surface area contributed by atoms with E-state index in [4.69, 9.17) is 11.1 Å². The van der Waals surface area contributed by atoms with Crippen LogP contribution < -0.4 is 11.5 Å². The molecule has 3 heteroatoms. The maximum Gasteiger partial charge on any atom is 0.0960 e. The number of nitrogens with two attached hydrogens (primary N) is 2. The van der Waals surface area contributed by atoms with Crippen LogP contribution in [0.5, 0.6) is 0 Å². The maximum absolute atomic E-state index is 6.92. The van der Waals surface area contributed by atoms with E-state index in [2.05, 4.69) is 5.73 Å². The molecular weight excluding hydrogens is 114 g/mol. The summed E-state index contributed by atoms with van der Waals surface area (Å²) in [5, 5.41) is 6.92. The van der Waals surface area contributed by atoms with Gasteiger partial charge in [-0.1, -0.05) is 20.8 Å². The molecule has 0 aromatic heterocycles. The van der Waals surface area contributed by atoms with E-state index in [0.717, 1.165) is 0 Å². The standard InChI is InChI=1S/C5H12N2.CH5N/c1-5(2,3)4(6)7;1-2/h1-3H3,(H3,6,7);2H2,1H3. The number of amidine groups is 1. The van der Waals surface area contributed by atoms with Gasteiger partial charge in [0.2, 0.25) is 0 Å². The van der Waals surface area contributed by atoms with Crippen molar-refractivity contribution < 1.29 is 0 Å². The van der Waals surface area contributed by atoms with Gasteiger partial charge >= 0.3 is 0 Å². The van der Waals surface area contributed by atoms with Crippen molar-refractivity contribution in [3.8, 4) is 0 Å². The van der Waals surface area contributed by atoms with Gasteiger partial charge in [0.05, 0.1) is 5.84 Å². The van der Waals surface area contributed by atoms with Crippen molar-refractivity contribution >= 4 is 5.84 Å². The van der Waals surface area contributed by atoms with Gasteiger partial charge in [-0.15, -0.1) is 0 Å². The van der Waals surface area contributed by atoms with E-state index >= 15 is 0 Å². The molecule has 5 N–H and O–H groups in total. The average Bonchev–Trinajstić information content (AvgIpc) is 1.69. The normalized spacial score (nSPS) is 9.44. The fraction of sp³-hybridized carbons (Fsp3) is 0.833. The Morgan fingerprint density at radius 2 is 1.33 bits per heavy atom. The molecule has 0 saturated carbocycles. The second-order valence-corrected chi connectivity index (χ2v) is 2.66. The molecule has 0 heterocycles. The molecule has 0 fully saturated rings. The Bertz CT molecular complexity index is 80.8. The summed E-state index contributed by atoms with van der Waals surface area (Å²) < 4.78 is 0. The third kappa shape index (κ3) is 7.43. The third-order valence-corrected chi connectivity index (χ3v) is 0.808. The molecule has 0 amide bonds. The van der Waals surface area contributed by atoms with Crippen LogP contribution in [0.15, 0.2) is 0 Å². The molecule has 0 spiro atoms. The summed E-state index contributed by atoms with van der Waals surface area (Å²) in [4.78, 5) is 0. The SMILES string of the molecule is CC(C)(C)C(=N)N.CN. The van der Waals surface area contributed by atoms with Crippen LogP contribution in [0.3, 0.4) is 0 Å². The Balaban J connectivity index is 0. The van der Waals surface area contributed by atoms with Gasteiger partial charge in [0.1, 0.15) is 0 Å². The fourth-order valence-electron chi connectivity index (χ4n) is 0. The maximum atomic E-state index is 6.92. The van der Waals surface area contributed by atoms with Gasteiger partial charge in [-0.05, 0) is 7.05 Å². The Labute approximate surface area is 56.9 Å². The number of rotatable bonds is 0. The average molecular weight is 131 g/mol. The first-order valence-corrected chi connectivity index (χ1v) is 2.87. The van der Waals surface area contributed by atoms with Crippen LogP contribution in [0.4, 0.5) is 0 Å². The lowest BCUT2D eigenvalue weighted by atomic mass is 9.96. The molecule has 0 aromatic carbocycles. The van der Waals surface area contributed by atoms with Crippen molar-refractivity contribution in [1.82, 2.24) is 0 Å². The molecular formula is C6H17N3. The summed E-state index contributed by atoms with van der Waals surface area (Å²) in [6.07, 6.45) is 0. The van der Waals surface area contributed by atoms with E-state index in [1.54, 1.807) is 0 Å². The summed E-state index contributed by atoms with van der Waals surface area (Å²) in [6, 6.07) is 0. The Hall–Kier alpha value is -0.570. The smallest absolute Gasteiger partial charge is 0.0960 e. The molecule has 0 atom stereocenters. The summed E-state index contributed by atoms with van der Waals surface area (Å²) in [6.45, 7) is 5.74. The van der Waals surface area contributed by atoms with Gasteiger partial charge < -0.3 is 11.5 Å². The van der Waals surface area contributed by atoms with Gasteiger partial charge in [-0.2, -0.15) is 0 Å². The first-order valence-electron chi connectivity index (χ1n) is 2.87. The minimum Gasteiger partial charge on any atom is -0.387 e. The highest BCUT2D eigenvalue weighted by Gasteiger charge is 2.12. The van der Waals surface area contributed by atoms with E-state index in [1.807, 2.05) is 20.8 Å². The van der Waals surface area contributed by atoms with E-state index < -0.39 is 0 Å². The molecule has 0 aliphatic heterocycles. The predicted octanol–water partition coefficient (Wildman–Crippen LogP) is 0.543. The second kappa shape index (κ2) is 4.32. The van der Waals surface area contributed by atoms with Crippen molar-refractivity contribution in [1.29, 1.82) is 5.41 Å². The van der Waals surface area contributed by atoms with Crippen LogP contribution in [0.25, 0.3) is 0 Å². The van der Waals surface area contributed by atoms with Gasteiger partial charge in [0.25, 0.3) is 0 Å². The summed E-state index contributed by atoms with van der Waals surface area (Å²) in [5.74, 6) is 0.243. The van der Waals surface area contributed by atoms with Gasteiger partial charge in [-0.25, -0.2) is 0 Å². The van der Waals surface area contributed by atoms with Crippen LogP contribution in [0, 0.1) is 10.8 Å². The molecule has 3 nitrogen and oxygen atoms in total. The minimum absolute atomic E-state index is 0.139. The lowest BCUT2D eigenvalue weighted by Gasteiger charge is -2.14. The highest BCUT2D eigenvalue weighted by atomic mass is 14.7. The van der Waals surface area contributed by atoms with Crippen LogP contribution in [-0.4, -0.2) is 12.9 Å². The zero-order valence-electron chi connectivity index (χ0n) is 6.65. The van der Waals surface area contributed by atoms with E-state index in [-0.39, 0.29) is 11.3 Å². The van der Waals surface area contributed by atoms with Crippen molar-refractivity contribution in [2.45, 2.75) is 20.8 Å². The largest absolute Gasteiger partial charge is 0.387 e. The molecule has 0 radical (unpaired) electrons. The van der Waals surface area contributed by atoms with Crippen molar-refractivity contribution in [3.63, 3.8) is 0 Å². The molecule has 0 aromatic rings. The summed E-state index contributed by atoms with van der Waals surface area (Å²) >= 11 is 0. The summed E-state index contributed by atoms with van der Waals surface area (Å²) in [5.41, 5.74) is 9.51. The number of hydrogen-bond acceptors (Lipinski definition) is 2. The van der Waals surface area contributed by atoms with E-state index in [0.29, 0.717) is 0 Å². The van der Waals surface area contributed by atoms with Crippen LogP contribution in [0.2, 0.25) is 0 Å². The van der Waals surface area contributed by atoms with Crippen LogP contribution >= 0.6 is 0 Å². The molecule has 0 unspecified atom stereocenters. The molecule has 56 valence electrons. The highest BCUT2D eigenvalue weighted by molar-refractivity contribution is 5.82. The highest BCUT2D eigenvalue weighted by Crippen LogP contribution is 2.10. The quantitative estimate of drug-likeness (QED) is 0.331. The van der Waals surface area contributed by atoms with E-state index in [9.17, 15) is 0 Å². The minimum atomic E-state index is -0.139. The van der Waals surface area contributed by atoms with Crippen molar-refractivity contribution in [3.05, 3.63) is 0 Å². The monoisotopic (exact) mass is 131 g/mol. The first kappa shape index (κ1) is 11.3. The van der Waals surface area contributed by atoms with Crippen LogP contribution in [0.1, 0.15) is 20.8 Å². The molecule has 0 rings (SSSR count). The van der Waals surface area contributed by atoms with Gasteiger partial charge in [0.15, 0.2) is 0 Å². The molecule has 0 aliphatic carbocycles. The topological polar surface area (TPSA) is 75.9 Å². The van der Waals surface area contributed by atoms with Crippen LogP contribution in [-0.2, 0) is 0 Å². The predicted molar refractivity (Wildman–Crippen MR) is 41.5 cm³/mol. The Morgan fingerprint density at radius 3 is 1.33 bits per heavy atom. The molecule has 0 aliphatic rings. The third-order valence-electron chi connectivity index (χ3n) is 0.808. The second-order valence-electron chi connectivity index (χ2n) is 2.66. The van der Waals surface area contributed by atoms with Crippen molar-refractivity contribution in [2.24, 2.45) is 16.9 Å². The number of hydrogen-bond donors (Lipinski definition) is 3. The fourth-order valence-corrected chi connectivity index (χ4v) is 0. The summed E-state index contributed by atoms with van der Waals surface area (Å²) in [7, 11) is 1.50. The lowest BCUT2D eigenvalue weighted by Crippen LogP contribution is -2.27. The number of nitrogens with one attached hydrogen (secondary N) is 1. The van der Waals surface area contributed by atoms with Gasteiger partial charge in [0, 0.05) is 5.41 Å². The zero-order valence-corrected chi connectivity index (χ0v) is 6.65. The molecule has 0 bridgehead atoms. The van der Waals surface area contributed by atoms with Gasteiger partial charge in [-0.3, -0.25) is 5.41 Å². The first-order chi connectivity index (χ1) is 3.94. The van der Waals surface area contributed by atoms with Crippen molar-refractivity contribution in [2.75, 3.05) is 7.05 Å². The molecule has 9 heavy (non-hydrogen) atoms. The molecule has 0 saturated heterocycles. The zero-order chi connectivity index (χ0) is 8.08.